The third kappa shape index (κ3) is 5.08. The van der Waals surface area contributed by atoms with E-state index in [-0.39, 0.29) is 17.9 Å². The zero-order valence-corrected chi connectivity index (χ0v) is 15.8. The summed E-state index contributed by atoms with van der Waals surface area (Å²) >= 11 is 6.21. The minimum Gasteiger partial charge on any atom is -0.349 e. The van der Waals surface area contributed by atoms with Crippen LogP contribution in [0.5, 0.6) is 0 Å². The van der Waals surface area contributed by atoms with Crippen LogP contribution in [-0.4, -0.2) is 17.9 Å². The van der Waals surface area contributed by atoms with Crippen LogP contribution >= 0.6 is 11.6 Å². The van der Waals surface area contributed by atoms with E-state index in [0.717, 1.165) is 31.2 Å². The number of hydrogen-bond acceptors (Lipinski definition) is 3. The average Bonchev–Trinajstić information content (AvgIpc) is 2.70. The first-order valence-electron chi connectivity index (χ1n) is 9.26. The summed E-state index contributed by atoms with van der Waals surface area (Å²) < 4.78 is 0. The van der Waals surface area contributed by atoms with Gasteiger partial charge < -0.3 is 16.4 Å². The zero-order valence-electron chi connectivity index (χ0n) is 15.1. The van der Waals surface area contributed by atoms with Crippen LogP contribution in [0.2, 0.25) is 5.02 Å². The molecule has 27 heavy (non-hydrogen) atoms. The number of rotatable bonds is 5. The van der Waals surface area contributed by atoms with E-state index in [4.69, 9.17) is 17.3 Å². The van der Waals surface area contributed by atoms with Crippen LogP contribution in [0.3, 0.4) is 0 Å². The fourth-order valence-electron chi connectivity index (χ4n) is 3.32. The molecule has 3 rings (SSSR count). The number of nitrogens with one attached hydrogen (secondary N) is 2. The van der Waals surface area contributed by atoms with Crippen molar-refractivity contribution in [3.8, 4) is 0 Å². The first-order chi connectivity index (χ1) is 13.0. The number of nitrogens with two attached hydrogens (primary N) is 1. The van der Waals surface area contributed by atoms with Crippen LogP contribution in [0.25, 0.3) is 0 Å². The van der Waals surface area contributed by atoms with E-state index in [1.54, 1.807) is 30.3 Å². The highest BCUT2D eigenvalue weighted by Crippen LogP contribution is 2.23. The Morgan fingerprint density at radius 2 is 1.74 bits per heavy atom. The molecule has 0 aliphatic heterocycles. The summed E-state index contributed by atoms with van der Waals surface area (Å²) in [7, 11) is 0. The van der Waals surface area contributed by atoms with Gasteiger partial charge in [0.2, 0.25) is 5.91 Å². The predicted octanol–water partition coefficient (Wildman–Crippen LogP) is 4.04. The largest absolute Gasteiger partial charge is 0.349 e. The molecular weight excluding hydrogens is 362 g/mol. The normalized spacial score (nSPS) is 15.8. The monoisotopic (exact) mass is 385 g/mol. The summed E-state index contributed by atoms with van der Waals surface area (Å²) in [6.45, 7) is 0. The smallest absolute Gasteiger partial charge is 0.253 e. The molecule has 0 aromatic heterocycles. The fraction of sp³-hybridized carbons (Fsp3) is 0.333. The highest BCUT2D eigenvalue weighted by Gasteiger charge is 2.20. The first-order valence-corrected chi connectivity index (χ1v) is 9.64. The number of halogens is 1. The van der Waals surface area contributed by atoms with Gasteiger partial charge in [0.1, 0.15) is 6.04 Å². The van der Waals surface area contributed by atoms with Gasteiger partial charge in [-0.05, 0) is 36.6 Å². The molecule has 2 amide bonds. The van der Waals surface area contributed by atoms with Crippen molar-refractivity contribution in [3.63, 3.8) is 0 Å². The van der Waals surface area contributed by atoms with Crippen molar-refractivity contribution in [1.82, 2.24) is 5.32 Å². The molecule has 1 atom stereocenters. The van der Waals surface area contributed by atoms with Gasteiger partial charge >= 0.3 is 0 Å². The Bertz CT molecular complexity index is 804. The van der Waals surface area contributed by atoms with E-state index in [1.165, 1.54) is 6.42 Å². The standard InChI is InChI=1S/C21H24ClN3O2/c22-18-12-11-16(25-21(27)19(23)14-7-3-1-4-8-14)13-17(18)20(26)24-15-9-5-2-6-10-15/h1,3-4,7-8,11-13,15,19H,2,5-6,9-10,23H2,(H,24,26)(H,25,27). The lowest BCUT2D eigenvalue weighted by molar-refractivity contribution is -0.117. The summed E-state index contributed by atoms with van der Waals surface area (Å²) in [4.78, 5) is 25.0. The fourth-order valence-corrected chi connectivity index (χ4v) is 3.52. The van der Waals surface area contributed by atoms with Crippen molar-refractivity contribution in [1.29, 1.82) is 0 Å². The van der Waals surface area contributed by atoms with E-state index in [1.807, 2.05) is 18.2 Å². The number of carbonyl (C=O) groups is 2. The van der Waals surface area contributed by atoms with E-state index in [2.05, 4.69) is 10.6 Å². The Morgan fingerprint density at radius 1 is 1.04 bits per heavy atom. The van der Waals surface area contributed by atoms with E-state index >= 15 is 0 Å². The molecule has 6 heteroatoms. The van der Waals surface area contributed by atoms with Crippen molar-refractivity contribution < 1.29 is 9.59 Å². The van der Waals surface area contributed by atoms with Gasteiger partial charge in [-0.25, -0.2) is 0 Å². The molecule has 142 valence electrons. The number of benzene rings is 2. The topological polar surface area (TPSA) is 84.2 Å². The van der Waals surface area contributed by atoms with Crippen LogP contribution < -0.4 is 16.4 Å². The maximum absolute atomic E-state index is 12.6. The predicted molar refractivity (Wildman–Crippen MR) is 108 cm³/mol. The minimum atomic E-state index is -0.790. The Hall–Kier alpha value is -2.37. The van der Waals surface area contributed by atoms with Gasteiger partial charge in [-0.1, -0.05) is 61.2 Å². The average molecular weight is 386 g/mol. The Morgan fingerprint density at radius 3 is 2.44 bits per heavy atom. The van der Waals surface area contributed by atoms with E-state index in [0.29, 0.717) is 16.3 Å². The SMILES string of the molecule is NC(C(=O)Nc1ccc(Cl)c(C(=O)NC2CCCCC2)c1)c1ccccc1. The van der Waals surface area contributed by atoms with Crippen molar-refractivity contribution in [2.24, 2.45) is 5.73 Å². The van der Waals surface area contributed by atoms with Gasteiger partial charge in [0, 0.05) is 11.7 Å². The summed E-state index contributed by atoms with van der Waals surface area (Å²) in [5.74, 6) is -0.558. The highest BCUT2D eigenvalue weighted by molar-refractivity contribution is 6.34. The second-order valence-electron chi connectivity index (χ2n) is 6.88. The molecule has 1 aliphatic carbocycles. The Kier molecular flexibility index (Phi) is 6.48. The molecule has 0 spiro atoms. The molecule has 1 aliphatic rings. The maximum Gasteiger partial charge on any atom is 0.253 e. The summed E-state index contributed by atoms with van der Waals surface area (Å²) in [5.41, 5.74) is 7.59. The number of amides is 2. The molecule has 4 N–H and O–H groups in total. The van der Waals surface area contributed by atoms with Crippen LogP contribution in [0, 0.1) is 0 Å². The lowest BCUT2D eigenvalue weighted by Crippen LogP contribution is -2.36. The molecule has 1 fully saturated rings. The van der Waals surface area contributed by atoms with Crippen LogP contribution in [0.4, 0.5) is 5.69 Å². The summed E-state index contributed by atoms with van der Waals surface area (Å²) in [6.07, 6.45) is 5.46. The number of carbonyl (C=O) groups excluding carboxylic acids is 2. The number of hydrogen-bond donors (Lipinski definition) is 3. The molecule has 0 heterocycles. The van der Waals surface area contributed by atoms with Gasteiger partial charge in [0.15, 0.2) is 0 Å². The van der Waals surface area contributed by atoms with Gasteiger partial charge in [-0.15, -0.1) is 0 Å². The summed E-state index contributed by atoms with van der Waals surface area (Å²) in [5, 5.41) is 6.16. The second kappa shape index (κ2) is 9.02. The molecule has 5 nitrogen and oxygen atoms in total. The van der Waals surface area contributed by atoms with Crippen LogP contribution in [0.1, 0.15) is 54.1 Å². The van der Waals surface area contributed by atoms with Gasteiger partial charge in [0.05, 0.1) is 10.6 Å². The molecule has 0 saturated heterocycles. The Balaban J connectivity index is 1.69. The first kappa shape index (κ1) is 19.4. The van der Waals surface area contributed by atoms with Gasteiger partial charge in [-0.3, -0.25) is 9.59 Å². The van der Waals surface area contributed by atoms with E-state index < -0.39 is 6.04 Å². The van der Waals surface area contributed by atoms with Crippen LogP contribution in [0.15, 0.2) is 48.5 Å². The molecular formula is C21H24ClN3O2. The van der Waals surface area contributed by atoms with Gasteiger partial charge in [-0.2, -0.15) is 0 Å². The molecule has 1 saturated carbocycles. The molecule has 2 aromatic carbocycles. The van der Waals surface area contributed by atoms with E-state index in [9.17, 15) is 9.59 Å². The van der Waals surface area contributed by atoms with Crippen LogP contribution in [-0.2, 0) is 4.79 Å². The molecule has 1 unspecified atom stereocenters. The zero-order chi connectivity index (χ0) is 19.2. The summed E-state index contributed by atoms with van der Waals surface area (Å²) in [6, 6.07) is 13.4. The van der Waals surface area contributed by atoms with Crippen molar-refractivity contribution >= 4 is 29.1 Å². The van der Waals surface area contributed by atoms with Gasteiger partial charge in [0.25, 0.3) is 5.91 Å². The maximum atomic E-state index is 12.6. The van der Waals surface area contributed by atoms with Crippen molar-refractivity contribution in [3.05, 3.63) is 64.7 Å². The highest BCUT2D eigenvalue weighted by atomic mass is 35.5. The van der Waals surface area contributed by atoms with Crippen molar-refractivity contribution in [2.45, 2.75) is 44.2 Å². The third-order valence-electron chi connectivity index (χ3n) is 4.86. The second-order valence-corrected chi connectivity index (χ2v) is 7.29. The lowest BCUT2D eigenvalue weighted by atomic mass is 9.95. The minimum absolute atomic E-state index is 0.187. The molecule has 0 radical (unpaired) electrons. The number of anilines is 1. The Labute approximate surface area is 164 Å². The third-order valence-corrected chi connectivity index (χ3v) is 5.19. The lowest BCUT2D eigenvalue weighted by Gasteiger charge is -2.23. The van der Waals surface area contributed by atoms with Crippen molar-refractivity contribution in [2.75, 3.05) is 5.32 Å². The molecule has 0 bridgehead atoms. The molecule has 2 aromatic rings. The quantitative estimate of drug-likeness (QED) is 0.726.